The van der Waals surface area contributed by atoms with Crippen LogP contribution in [0.1, 0.15) is 36.8 Å². The predicted octanol–water partition coefficient (Wildman–Crippen LogP) is 6.75. The Labute approximate surface area is 291 Å². The van der Waals surface area contributed by atoms with Crippen molar-refractivity contribution >= 4 is 35.0 Å². The highest BCUT2D eigenvalue weighted by atomic mass is 35.5. The molecule has 0 radical (unpaired) electrons. The number of methoxy groups -OCH3 is 2. The normalized spacial score (nSPS) is 17.3. The Balaban J connectivity index is 1.20. The molecular formula is C38H40Cl2N4O4. The number of hydrogen-bond donors (Lipinski definition) is 4. The summed E-state index contributed by atoms with van der Waals surface area (Å²) in [6.07, 6.45) is 2.88. The maximum Gasteiger partial charge on any atom is 0.220 e. The average molecular weight is 688 g/mol. The Hall–Kier alpha value is -4.08. The van der Waals surface area contributed by atoms with Gasteiger partial charge >= 0.3 is 0 Å². The number of carbonyl (C=O) groups is 2. The van der Waals surface area contributed by atoms with E-state index in [1.807, 2.05) is 72.8 Å². The van der Waals surface area contributed by atoms with Crippen LogP contribution in [0.2, 0.25) is 10.0 Å². The molecule has 4 N–H and O–H groups in total. The molecular weight excluding hydrogens is 647 g/mol. The third kappa shape index (κ3) is 7.63. The summed E-state index contributed by atoms with van der Waals surface area (Å²) in [5, 5.41) is 14.0. The van der Waals surface area contributed by atoms with Crippen molar-refractivity contribution in [3.63, 3.8) is 0 Å². The molecule has 8 nitrogen and oxygen atoms in total. The number of rotatable bonds is 13. The van der Waals surface area contributed by atoms with E-state index in [-0.39, 0.29) is 23.9 Å². The highest BCUT2D eigenvalue weighted by molar-refractivity contribution is 6.39. The van der Waals surface area contributed by atoms with E-state index in [2.05, 4.69) is 21.3 Å². The first-order chi connectivity index (χ1) is 23.3. The molecule has 2 atom stereocenters. The summed E-state index contributed by atoms with van der Waals surface area (Å²) in [6, 6.07) is 24.5. The van der Waals surface area contributed by atoms with Crippen LogP contribution in [-0.2, 0) is 22.7 Å². The minimum Gasteiger partial charge on any atom is -0.496 e. The second-order valence-corrected chi connectivity index (χ2v) is 13.0. The lowest BCUT2D eigenvalue weighted by Crippen LogP contribution is -2.35. The van der Waals surface area contributed by atoms with Crippen molar-refractivity contribution in [3.05, 3.63) is 94.0 Å². The molecule has 6 rings (SSSR count). The minimum atomic E-state index is 0.114. The summed E-state index contributed by atoms with van der Waals surface area (Å²) in [5.74, 6) is 1.75. The summed E-state index contributed by atoms with van der Waals surface area (Å²) in [5.41, 5.74) is 7.31. The molecule has 10 heteroatoms. The monoisotopic (exact) mass is 686 g/mol. The van der Waals surface area contributed by atoms with E-state index >= 15 is 0 Å². The maximum absolute atomic E-state index is 11.5. The fraction of sp³-hybridized carbons (Fsp3) is 0.316. The standard InChI is InChI=1S/C38H40Cl2N4O4/c1-47-33-17-23(9-11-25(33)19-41-21-27-13-15-35(45)43-27)29-5-3-7-31(37(29)39)32-8-4-6-30(38(32)40)24-10-12-26(34(18-24)48-2)20-42-22-28-14-16-36(46)44-28/h3-12,17-18,27-28,41-42H,13-16,19-22H2,1-2H3,(H,43,45)(H,44,46)/t27-,28?/m0/s1. The molecule has 2 amide bonds. The quantitative estimate of drug-likeness (QED) is 0.124. The smallest absolute Gasteiger partial charge is 0.220 e. The number of halogens is 2. The average Bonchev–Trinajstić information content (AvgIpc) is 3.72. The van der Waals surface area contributed by atoms with E-state index in [0.29, 0.717) is 49.1 Å². The molecule has 2 saturated heterocycles. The number of hydrogen-bond acceptors (Lipinski definition) is 6. The third-order valence-electron chi connectivity index (χ3n) is 9.07. The van der Waals surface area contributed by atoms with E-state index in [4.69, 9.17) is 32.7 Å². The van der Waals surface area contributed by atoms with Crippen LogP contribution in [0, 0.1) is 0 Å². The molecule has 2 aliphatic heterocycles. The van der Waals surface area contributed by atoms with Crippen LogP contribution >= 0.6 is 23.2 Å². The van der Waals surface area contributed by atoms with Gasteiger partial charge in [0, 0.05) is 84.5 Å². The van der Waals surface area contributed by atoms with Gasteiger partial charge in [0.25, 0.3) is 0 Å². The molecule has 48 heavy (non-hydrogen) atoms. The molecule has 2 fully saturated rings. The Morgan fingerprint density at radius 3 is 1.44 bits per heavy atom. The summed E-state index contributed by atoms with van der Waals surface area (Å²) in [4.78, 5) is 23.0. The van der Waals surface area contributed by atoms with E-state index in [1.54, 1.807) is 14.2 Å². The van der Waals surface area contributed by atoms with Gasteiger partial charge in [-0.1, -0.05) is 83.9 Å². The summed E-state index contributed by atoms with van der Waals surface area (Å²) >= 11 is 14.3. The highest BCUT2D eigenvalue weighted by Gasteiger charge is 2.22. The Kier molecular flexibility index (Phi) is 10.9. The Bertz CT molecular complexity index is 1680. The summed E-state index contributed by atoms with van der Waals surface area (Å²) < 4.78 is 11.5. The highest BCUT2D eigenvalue weighted by Crippen LogP contribution is 2.43. The van der Waals surface area contributed by atoms with Crippen LogP contribution in [-0.4, -0.2) is 51.2 Å². The van der Waals surface area contributed by atoms with Gasteiger partial charge < -0.3 is 30.7 Å². The number of nitrogens with one attached hydrogen (secondary N) is 4. The molecule has 2 aliphatic rings. The van der Waals surface area contributed by atoms with Gasteiger partial charge in [-0.25, -0.2) is 0 Å². The lowest BCUT2D eigenvalue weighted by Gasteiger charge is -2.17. The lowest BCUT2D eigenvalue weighted by molar-refractivity contribution is -0.120. The van der Waals surface area contributed by atoms with Crippen molar-refractivity contribution < 1.29 is 19.1 Å². The van der Waals surface area contributed by atoms with Gasteiger partial charge in [-0.2, -0.15) is 0 Å². The molecule has 250 valence electrons. The largest absolute Gasteiger partial charge is 0.496 e. The molecule has 0 saturated carbocycles. The minimum absolute atomic E-state index is 0.114. The molecule has 1 unspecified atom stereocenters. The van der Waals surface area contributed by atoms with Crippen LogP contribution in [0.5, 0.6) is 11.5 Å². The fourth-order valence-corrected chi connectivity index (χ4v) is 7.14. The molecule has 0 spiro atoms. The van der Waals surface area contributed by atoms with Crippen molar-refractivity contribution in [3.8, 4) is 44.9 Å². The topological polar surface area (TPSA) is 101 Å². The van der Waals surface area contributed by atoms with Crippen molar-refractivity contribution in [1.82, 2.24) is 21.3 Å². The van der Waals surface area contributed by atoms with Crippen molar-refractivity contribution in [2.45, 2.75) is 50.9 Å². The zero-order valence-electron chi connectivity index (χ0n) is 27.1. The van der Waals surface area contributed by atoms with Crippen LogP contribution in [0.3, 0.4) is 0 Å². The third-order valence-corrected chi connectivity index (χ3v) is 9.88. The van der Waals surface area contributed by atoms with Gasteiger partial charge in [-0.3, -0.25) is 9.59 Å². The molecule has 0 aromatic heterocycles. The van der Waals surface area contributed by atoms with Gasteiger partial charge in [0.05, 0.1) is 24.3 Å². The zero-order chi connectivity index (χ0) is 33.6. The van der Waals surface area contributed by atoms with Gasteiger partial charge in [-0.15, -0.1) is 0 Å². The second kappa shape index (κ2) is 15.4. The first-order valence-electron chi connectivity index (χ1n) is 16.3. The molecule has 4 aromatic rings. The first-order valence-corrected chi connectivity index (χ1v) is 17.0. The van der Waals surface area contributed by atoms with Gasteiger partial charge in [0.2, 0.25) is 11.8 Å². The molecule has 0 aliphatic carbocycles. The zero-order valence-corrected chi connectivity index (χ0v) is 28.6. The van der Waals surface area contributed by atoms with Crippen LogP contribution in [0.25, 0.3) is 33.4 Å². The number of amides is 2. The first kappa shape index (κ1) is 33.8. The Morgan fingerprint density at radius 2 is 1.06 bits per heavy atom. The van der Waals surface area contributed by atoms with Crippen molar-refractivity contribution in [2.24, 2.45) is 0 Å². The number of carbonyl (C=O) groups excluding carboxylic acids is 2. The summed E-state index contributed by atoms with van der Waals surface area (Å²) in [6.45, 7) is 2.66. The molecule has 0 bridgehead atoms. The van der Waals surface area contributed by atoms with Crippen LogP contribution in [0.15, 0.2) is 72.8 Å². The number of ether oxygens (including phenoxy) is 2. The second-order valence-electron chi connectivity index (χ2n) is 12.3. The SMILES string of the molecule is COc1cc(-c2cccc(-c3cccc(-c4ccc(CNC[C@@H]5CCC(=O)N5)c(OC)c4)c3Cl)c2Cl)ccc1CNCC1CCC(=O)N1. The van der Waals surface area contributed by atoms with Crippen molar-refractivity contribution in [2.75, 3.05) is 27.3 Å². The van der Waals surface area contributed by atoms with Crippen molar-refractivity contribution in [1.29, 1.82) is 0 Å². The maximum atomic E-state index is 11.5. The molecule has 2 heterocycles. The van der Waals surface area contributed by atoms with Gasteiger partial charge in [0.15, 0.2) is 0 Å². The predicted molar refractivity (Wildman–Crippen MR) is 192 cm³/mol. The lowest BCUT2D eigenvalue weighted by atomic mass is 9.95. The van der Waals surface area contributed by atoms with E-state index in [9.17, 15) is 9.59 Å². The fourth-order valence-electron chi connectivity index (χ4n) is 6.47. The van der Waals surface area contributed by atoms with Crippen LogP contribution < -0.4 is 30.7 Å². The van der Waals surface area contributed by atoms with E-state index in [0.717, 1.165) is 68.8 Å². The van der Waals surface area contributed by atoms with E-state index in [1.165, 1.54) is 0 Å². The van der Waals surface area contributed by atoms with Crippen LogP contribution in [0.4, 0.5) is 0 Å². The molecule has 4 aromatic carbocycles. The Morgan fingerprint density at radius 1 is 0.646 bits per heavy atom. The van der Waals surface area contributed by atoms with Gasteiger partial charge in [-0.05, 0) is 36.1 Å². The van der Waals surface area contributed by atoms with Gasteiger partial charge in [0.1, 0.15) is 11.5 Å². The number of benzene rings is 4. The summed E-state index contributed by atoms with van der Waals surface area (Å²) in [7, 11) is 3.33. The van der Waals surface area contributed by atoms with E-state index < -0.39 is 0 Å².